The SMILES string of the molecule is C=C(Cc1ccc(-c2ccc(Nc3ccn(C)c3)nc2)cc1)Nc1ccnc(C(C)(F)F)c1. The fraction of sp³-hybridized carbons (Fsp3) is 0.154. The fourth-order valence-electron chi connectivity index (χ4n) is 3.42. The first-order valence-electron chi connectivity index (χ1n) is 10.5. The van der Waals surface area contributed by atoms with Crippen LogP contribution in [0.2, 0.25) is 0 Å². The molecule has 0 bridgehead atoms. The lowest BCUT2D eigenvalue weighted by atomic mass is 10.0. The van der Waals surface area contributed by atoms with E-state index in [9.17, 15) is 8.78 Å². The average molecular weight is 446 g/mol. The number of rotatable bonds is 8. The highest BCUT2D eigenvalue weighted by molar-refractivity contribution is 5.65. The maximum atomic E-state index is 13.5. The molecule has 0 aliphatic heterocycles. The number of alkyl halides is 2. The smallest absolute Gasteiger partial charge is 0.287 e. The van der Waals surface area contributed by atoms with Crippen LogP contribution in [0, 0.1) is 0 Å². The summed E-state index contributed by atoms with van der Waals surface area (Å²) in [4.78, 5) is 8.24. The van der Waals surface area contributed by atoms with Crippen molar-refractivity contribution in [3.05, 3.63) is 103 Å². The van der Waals surface area contributed by atoms with Crippen LogP contribution in [0.3, 0.4) is 0 Å². The number of nitrogens with one attached hydrogen (secondary N) is 2. The fourth-order valence-corrected chi connectivity index (χ4v) is 3.42. The van der Waals surface area contributed by atoms with Gasteiger partial charge >= 0.3 is 0 Å². The van der Waals surface area contributed by atoms with Crippen LogP contribution in [0.5, 0.6) is 0 Å². The van der Waals surface area contributed by atoms with Crippen LogP contribution in [0.15, 0.2) is 91.7 Å². The van der Waals surface area contributed by atoms with Crippen LogP contribution in [0.4, 0.5) is 26.0 Å². The molecule has 0 unspecified atom stereocenters. The monoisotopic (exact) mass is 445 g/mol. The zero-order chi connectivity index (χ0) is 23.4. The molecule has 4 aromatic rings. The van der Waals surface area contributed by atoms with Crippen molar-refractivity contribution in [1.82, 2.24) is 14.5 Å². The van der Waals surface area contributed by atoms with Gasteiger partial charge in [-0.15, -0.1) is 0 Å². The van der Waals surface area contributed by atoms with Crippen LogP contribution in [0.1, 0.15) is 18.2 Å². The molecule has 0 spiro atoms. The van der Waals surface area contributed by atoms with E-state index < -0.39 is 5.92 Å². The molecule has 4 rings (SSSR count). The van der Waals surface area contributed by atoms with Crippen molar-refractivity contribution in [3.63, 3.8) is 0 Å². The second-order valence-corrected chi connectivity index (χ2v) is 8.04. The Hall–Kier alpha value is -4.00. The quantitative estimate of drug-likeness (QED) is 0.325. The molecule has 0 amide bonds. The minimum Gasteiger partial charge on any atom is -0.359 e. The maximum absolute atomic E-state index is 13.5. The van der Waals surface area contributed by atoms with E-state index in [4.69, 9.17) is 0 Å². The molecule has 0 fully saturated rings. The molecule has 5 nitrogen and oxygen atoms in total. The second kappa shape index (κ2) is 9.24. The Morgan fingerprint density at radius 1 is 1.00 bits per heavy atom. The Bertz CT molecular complexity index is 1240. The molecule has 3 aromatic heterocycles. The van der Waals surface area contributed by atoms with Gasteiger partial charge in [0.05, 0.1) is 5.69 Å². The number of anilines is 3. The molecule has 1 aromatic carbocycles. The number of hydrogen-bond acceptors (Lipinski definition) is 4. The van der Waals surface area contributed by atoms with Gasteiger partial charge in [0.25, 0.3) is 5.92 Å². The zero-order valence-electron chi connectivity index (χ0n) is 18.5. The molecule has 0 saturated carbocycles. The normalized spacial score (nSPS) is 11.3. The van der Waals surface area contributed by atoms with E-state index in [1.165, 1.54) is 12.3 Å². The maximum Gasteiger partial charge on any atom is 0.287 e. The topological polar surface area (TPSA) is 54.8 Å². The lowest BCUT2D eigenvalue weighted by molar-refractivity contribution is 0.0128. The number of benzene rings is 1. The van der Waals surface area contributed by atoms with Crippen LogP contribution in [0.25, 0.3) is 11.1 Å². The summed E-state index contributed by atoms with van der Waals surface area (Å²) in [5, 5.41) is 6.36. The molecular formula is C26H25F2N5. The van der Waals surface area contributed by atoms with Gasteiger partial charge in [-0.2, -0.15) is 8.78 Å². The van der Waals surface area contributed by atoms with Crippen LogP contribution in [-0.4, -0.2) is 14.5 Å². The Kier molecular flexibility index (Phi) is 6.22. The van der Waals surface area contributed by atoms with Crippen molar-refractivity contribution in [1.29, 1.82) is 0 Å². The van der Waals surface area contributed by atoms with Crippen molar-refractivity contribution in [3.8, 4) is 11.1 Å². The highest BCUT2D eigenvalue weighted by atomic mass is 19.3. The number of halogens is 2. The van der Waals surface area contributed by atoms with E-state index in [0.717, 1.165) is 35.1 Å². The summed E-state index contributed by atoms with van der Waals surface area (Å²) in [6, 6.07) is 17.1. The second-order valence-electron chi connectivity index (χ2n) is 8.04. The first-order valence-corrected chi connectivity index (χ1v) is 10.5. The van der Waals surface area contributed by atoms with Gasteiger partial charge in [-0.25, -0.2) is 4.98 Å². The molecule has 3 heterocycles. The van der Waals surface area contributed by atoms with Crippen LogP contribution < -0.4 is 10.6 Å². The lowest BCUT2D eigenvalue weighted by Gasteiger charge is -2.13. The zero-order valence-corrected chi connectivity index (χ0v) is 18.5. The van der Waals surface area contributed by atoms with Gasteiger partial charge in [0.2, 0.25) is 0 Å². The highest BCUT2D eigenvalue weighted by Crippen LogP contribution is 2.27. The third-order valence-corrected chi connectivity index (χ3v) is 5.10. The average Bonchev–Trinajstić information content (AvgIpc) is 3.19. The third kappa shape index (κ3) is 5.83. The van der Waals surface area contributed by atoms with Crippen molar-refractivity contribution < 1.29 is 8.78 Å². The summed E-state index contributed by atoms with van der Waals surface area (Å²) in [5.41, 5.74) is 5.09. The summed E-state index contributed by atoms with van der Waals surface area (Å²) >= 11 is 0. The molecule has 0 aliphatic rings. The Balaban J connectivity index is 1.36. The molecule has 0 aliphatic carbocycles. The Morgan fingerprint density at radius 3 is 2.39 bits per heavy atom. The molecule has 0 radical (unpaired) electrons. The molecule has 0 saturated heterocycles. The van der Waals surface area contributed by atoms with E-state index in [2.05, 4.69) is 27.2 Å². The van der Waals surface area contributed by atoms with Gasteiger partial charge in [-0.05, 0) is 41.5 Å². The minimum atomic E-state index is -2.99. The molecular weight excluding hydrogens is 420 g/mol. The molecule has 168 valence electrons. The van der Waals surface area contributed by atoms with Gasteiger partial charge < -0.3 is 15.2 Å². The van der Waals surface area contributed by atoms with Crippen molar-refractivity contribution >= 4 is 17.2 Å². The predicted octanol–water partition coefficient (Wildman–Crippen LogP) is 6.51. The predicted molar refractivity (Wildman–Crippen MR) is 129 cm³/mol. The van der Waals surface area contributed by atoms with Gasteiger partial charge in [0.1, 0.15) is 11.5 Å². The summed E-state index contributed by atoms with van der Waals surface area (Å²) in [6.45, 7) is 4.86. The van der Waals surface area contributed by atoms with Gasteiger partial charge in [0.15, 0.2) is 0 Å². The van der Waals surface area contributed by atoms with Crippen molar-refractivity contribution in [2.24, 2.45) is 7.05 Å². The van der Waals surface area contributed by atoms with Gasteiger partial charge in [-0.3, -0.25) is 4.98 Å². The van der Waals surface area contributed by atoms with Crippen LogP contribution >= 0.6 is 0 Å². The summed E-state index contributed by atoms with van der Waals surface area (Å²) in [6.07, 6.45) is 7.74. The summed E-state index contributed by atoms with van der Waals surface area (Å²) in [7, 11) is 1.97. The number of hydrogen-bond donors (Lipinski definition) is 2. The number of nitrogens with zero attached hydrogens (tertiary/aromatic N) is 3. The highest BCUT2D eigenvalue weighted by Gasteiger charge is 2.26. The summed E-state index contributed by atoms with van der Waals surface area (Å²) < 4.78 is 29.0. The first-order chi connectivity index (χ1) is 15.8. The van der Waals surface area contributed by atoms with E-state index in [0.29, 0.717) is 17.8 Å². The number of aryl methyl sites for hydroxylation is 1. The van der Waals surface area contributed by atoms with E-state index in [1.54, 1.807) is 6.07 Å². The molecule has 2 N–H and O–H groups in total. The number of aromatic nitrogens is 3. The largest absolute Gasteiger partial charge is 0.359 e. The van der Waals surface area contributed by atoms with Gasteiger partial charge in [-0.1, -0.05) is 30.8 Å². The van der Waals surface area contributed by atoms with Gasteiger partial charge in [0, 0.05) is 62.1 Å². The van der Waals surface area contributed by atoms with Crippen molar-refractivity contribution in [2.45, 2.75) is 19.3 Å². The molecule has 7 heteroatoms. The number of allylic oxidation sites excluding steroid dienone is 1. The Morgan fingerprint density at radius 2 is 1.76 bits per heavy atom. The third-order valence-electron chi connectivity index (χ3n) is 5.10. The van der Waals surface area contributed by atoms with Crippen LogP contribution in [-0.2, 0) is 19.4 Å². The Labute approximate surface area is 191 Å². The van der Waals surface area contributed by atoms with E-state index in [1.807, 2.05) is 72.7 Å². The van der Waals surface area contributed by atoms with Crippen molar-refractivity contribution in [2.75, 3.05) is 10.6 Å². The first kappa shape index (κ1) is 22.2. The molecule has 33 heavy (non-hydrogen) atoms. The standard InChI is InChI=1S/C26H25F2N5/c1-18(31-22-10-12-29-24(15-22)26(2,27)28)14-19-4-6-20(7-5-19)21-8-9-25(30-16-21)32-23-11-13-33(3)17-23/h4-13,15-17H,1,14H2,2-3H3,(H,29,31)(H,30,32). The molecule has 0 atom stereocenters. The van der Waals surface area contributed by atoms with E-state index in [-0.39, 0.29) is 5.69 Å². The van der Waals surface area contributed by atoms with E-state index >= 15 is 0 Å². The summed E-state index contributed by atoms with van der Waals surface area (Å²) in [5.74, 6) is -2.21. The number of pyridine rings is 2. The lowest BCUT2D eigenvalue weighted by Crippen LogP contribution is -2.10. The minimum absolute atomic E-state index is 0.275.